The molecule has 2 fully saturated rings. The van der Waals surface area contributed by atoms with Crippen LogP contribution in [0.3, 0.4) is 0 Å². The molecule has 0 aliphatic heterocycles. The first kappa shape index (κ1) is 17.2. The first-order valence-corrected chi connectivity index (χ1v) is 10.4. The fraction of sp³-hybridized carbons (Fsp3) is 0.739. The van der Waals surface area contributed by atoms with E-state index in [1.165, 1.54) is 38.5 Å². The Hall–Kier alpha value is -1.18. The summed E-state index contributed by atoms with van der Waals surface area (Å²) in [5.74, 6) is 3.59. The molecule has 0 bridgehead atoms. The Morgan fingerprint density at radius 2 is 1.92 bits per heavy atom. The minimum absolute atomic E-state index is 0.509. The first-order valence-electron chi connectivity index (χ1n) is 10.4. The van der Waals surface area contributed by atoms with Crippen LogP contribution in [0, 0.1) is 22.7 Å². The van der Waals surface area contributed by atoms with Crippen LogP contribution in [0.4, 0.5) is 5.69 Å². The smallest absolute Gasteiger partial charge is 0.142 e. The highest BCUT2D eigenvalue weighted by molar-refractivity contribution is 5.61. The van der Waals surface area contributed by atoms with Gasteiger partial charge in [-0.3, -0.25) is 0 Å². The highest BCUT2D eigenvalue weighted by Crippen LogP contribution is 2.67. The number of rotatable bonds is 3. The van der Waals surface area contributed by atoms with Crippen molar-refractivity contribution in [2.75, 3.05) is 19.0 Å². The summed E-state index contributed by atoms with van der Waals surface area (Å²) in [5.41, 5.74) is 5.37. The molecule has 1 N–H and O–H groups in total. The Morgan fingerprint density at radius 1 is 1.12 bits per heavy atom. The van der Waals surface area contributed by atoms with Crippen molar-refractivity contribution >= 4 is 5.69 Å². The van der Waals surface area contributed by atoms with Gasteiger partial charge in [-0.25, -0.2) is 0 Å². The maximum absolute atomic E-state index is 5.95. The maximum Gasteiger partial charge on any atom is 0.142 e. The number of aryl methyl sites for hydroxylation is 1. The van der Waals surface area contributed by atoms with Gasteiger partial charge in [0.05, 0.1) is 12.3 Å². The van der Waals surface area contributed by atoms with E-state index < -0.39 is 0 Å². The summed E-state index contributed by atoms with van der Waals surface area (Å²) >= 11 is 0. The van der Waals surface area contributed by atoms with E-state index >= 15 is 0 Å². The molecule has 0 saturated heterocycles. The predicted molar refractivity (Wildman–Crippen MR) is 106 cm³/mol. The van der Waals surface area contributed by atoms with Crippen LogP contribution in [0.15, 0.2) is 12.1 Å². The molecule has 138 valence electrons. The third kappa shape index (κ3) is 2.43. The summed E-state index contributed by atoms with van der Waals surface area (Å²) < 4.78 is 5.95. The van der Waals surface area contributed by atoms with Gasteiger partial charge in [0, 0.05) is 7.05 Å². The average molecular weight is 342 g/mol. The van der Waals surface area contributed by atoms with Crippen molar-refractivity contribution in [3.05, 3.63) is 23.3 Å². The predicted octanol–water partition coefficient (Wildman–Crippen LogP) is 6.01. The van der Waals surface area contributed by atoms with Gasteiger partial charge in [-0.05, 0) is 97.3 Å². The van der Waals surface area contributed by atoms with E-state index in [0.29, 0.717) is 10.8 Å². The fourth-order valence-corrected chi connectivity index (χ4v) is 6.57. The van der Waals surface area contributed by atoms with Crippen molar-refractivity contribution in [3.63, 3.8) is 0 Å². The summed E-state index contributed by atoms with van der Waals surface area (Å²) in [6.45, 7) is 10.5. The number of benzene rings is 1. The Balaban J connectivity index is 1.71. The van der Waals surface area contributed by atoms with Crippen molar-refractivity contribution in [2.45, 2.75) is 72.1 Å². The van der Waals surface area contributed by atoms with Gasteiger partial charge in [0.2, 0.25) is 0 Å². The van der Waals surface area contributed by atoms with Crippen molar-refractivity contribution in [3.8, 4) is 5.75 Å². The number of anilines is 1. The third-order valence-electron chi connectivity index (χ3n) is 8.41. The van der Waals surface area contributed by atoms with E-state index in [1.54, 1.807) is 11.1 Å². The lowest BCUT2D eigenvalue weighted by Crippen LogP contribution is -2.45. The Labute approximate surface area is 153 Å². The molecule has 4 rings (SSSR count). The highest BCUT2D eigenvalue weighted by atomic mass is 16.5. The van der Waals surface area contributed by atoms with Gasteiger partial charge >= 0.3 is 0 Å². The Kier molecular flexibility index (Phi) is 4.09. The molecule has 0 spiro atoms. The van der Waals surface area contributed by atoms with Crippen molar-refractivity contribution in [1.29, 1.82) is 0 Å². The van der Waals surface area contributed by atoms with Gasteiger partial charge < -0.3 is 10.1 Å². The minimum atomic E-state index is 0.509. The van der Waals surface area contributed by atoms with Gasteiger partial charge in [-0.1, -0.05) is 20.8 Å². The molecule has 3 aliphatic rings. The molecule has 1 aromatic rings. The second-order valence-electron chi connectivity index (χ2n) is 9.52. The molecule has 2 heteroatoms. The number of fused-ring (bicyclic) bond motifs is 5. The van der Waals surface area contributed by atoms with Gasteiger partial charge in [0.15, 0.2) is 0 Å². The zero-order valence-corrected chi connectivity index (χ0v) is 16.7. The Bertz CT molecular complexity index is 664. The molecular weight excluding hydrogens is 306 g/mol. The molecule has 1 aromatic carbocycles. The summed E-state index contributed by atoms with van der Waals surface area (Å²) in [6, 6.07) is 4.74. The maximum atomic E-state index is 5.95. The number of nitrogens with one attached hydrogen (secondary N) is 1. The van der Waals surface area contributed by atoms with E-state index in [4.69, 9.17) is 4.74 Å². The number of hydrogen-bond donors (Lipinski definition) is 1. The third-order valence-corrected chi connectivity index (χ3v) is 8.41. The average Bonchev–Trinajstić information content (AvgIpc) is 2.84. The molecule has 2 nitrogen and oxygen atoms in total. The molecule has 0 radical (unpaired) electrons. The monoisotopic (exact) mass is 341 g/mol. The van der Waals surface area contributed by atoms with Crippen LogP contribution in [-0.4, -0.2) is 13.7 Å². The molecule has 0 amide bonds. The number of hydrogen-bond acceptors (Lipinski definition) is 2. The lowest BCUT2D eigenvalue weighted by Gasteiger charge is -2.53. The van der Waals surface area contributed by atoms with E-state index in [2.05, 4.69) is 45.1 Å². The van der Waals surface area contributed by atoms with E-state index in [0.717, 1.165) is 35.8 Å². The number of ether oxygens (including phenoxy) is 1. The molecule has 3 aliphatic carbocycles. The zero-order chi connectivity index (χ0) is 17.8. The van der Waals surface area contributed by atoms with Gasteiger partial charge in [0.25, 0.3) is 0 Å². The van der Waals surface area contributed by atoms with Crippen molar-refractivity contribution in [2.24, 2.45) is 22.7 Å². The van der Waals surface area contributed by atoms with Gasteiger partial charge in [0.1, 0.15) is 5.75 Å². The van der Waals surface area contributed by atoms with Crippen LogP contribution in [0.1, 0.15) is 76.8 Å². The van der Waals surface area contributed by atoms with Crippen molar-refractivity contribution < 1.29 is 4.74 Å². The molecular formula is C23H35NO. The highest BCUT2D eigenvalue weighted by Gasteiger charge is 2.57. The standard InChI is InChI=1S/C23H35NO/c1-6-25-21-14-18-15(13-20(21)24-5)7-8-17-16(18)9-12-23(4)19(17)10-11-22(23,2)3/h13-14,16-17,19,24H,6-12H2,1-5H3/t16?,17?,19?,23-/m0/s1. The molecule has 3 unspecified atom stereocenters. The largest absolute Gasteiger partial charge is 0.492 e. The SMILES string of the molecule is CCOc1cc2c(cc1NC)CCC1C2CC[C@@]2(C)C1CCC2(C)C. The first-order chi connectivity index (χ1) is 11.9. The summed E-state index contributed by atoms with van der Waals surface area (Å²) in [6.07, 6.45) is 8.22. The minimum Gasteiger partial charge on any atom is -0.492 e. The van der Waals surface area contributed by atoms with Crippen LogP contribution in [0.2, 0.25) is 0 Å². The normalized spacial score (nSPS) is 35.5. The van der Waals surface area contributed by atoms with Crippen molar-refractivity contribution in [1.82, 2.24) is 0 Å². The van der Waals surface area contributed by atoms with Crippen LogP contribution in [0.5, 0.6) is 5.75 Å². The fourth-order valence-electron chi connectivity index (χ4n) is 6.57. The summed E-state index contributed by atoms with van der Waals surface area (Å²) in [5, 5.41) is 3.33. The Morgan fingerprint density at radius 3 is 2.64 bits per heavy atom. The molecule has 2 saturated carbocycles. The van der Waals surface area contributed by atoms with Crippen LogP contribution < -0.4 is 10.1 Å². The molecule has 0 aromatic heterocycles. The second kappa shape index (κ2) is 5.93. The van der Waals surface area contributed by atoms with Gasteiger partial charge in [-0.15, -0.1) is 0 Å². The lowest BCUT2D eigenvalue weighted by atomic mass is 9.51. The quantitative estimate of drug-likeness (QED) is 0.727. The van der Waals surface area contributed by atoms with E-state index in [-0.39, 0.29) is 0 Å². The summed E-state index contributed by atoms with van der Waals surface area (Å²) in [4.78, 5) is 0. The van der Waals surface area contributed by atoms with Crippen LogP contribution in [0.25, 0.3) is 0 Å². The molecule has 0 heterocycles. The molecule has 25 heavy (non-hydrogen) atoms. The van der Waals surface area contributed by atoms with E-state index in [1.807, 2.05) is 7.05 Å². The zero-order valence-electron chi connectivity index (χ0n) is 16.7. The second-order valence-corrected chi connectivity index (χ2v) is 9.52. The lowest BCUT2D eigenvalue weighted by molar-refractivity contribution is -0.00856. The van der Waals surface area contributed by atoms with Gasteiger partial charge in [-0.2, -0.15) is 0 Å². The topological polar surface area (TPSA) is 21.3 Å². The van der Waals surface area contributed by atoms with E-state index in [9.17, 15) is 0 Å². The van der Waals surface area contributed by atoms with Crippen LogP contribution in [-0.2, 0) is 6.42 Å². The summed E-state index contributed by atoms with van der Waals surface area (Å²) in [7, 11) is 2.00. The molecule has 4 atom stereocenters. The van der Waals surface area contributed by atoms with Crippen LogP contribution >= 0.6 is 0 Å².